The molecule has 0 saturated carbocycles. The zero-order valence-corrected chi connectivity index (χ0v) is 20.4. The van der Waals surface area contributed by atoms with Crippen LogP contribution in [-0.2, 0) is 9.59 Å². The average molecular weight is 477 g/mol. The number of nitrogens with zero attached hydrogens (tertiary/aromatic N) is 2. The Labute approximate surface area is 200 Å². The molecule has 0 aromatic heterocycles. The fraction of sp³-hybridized carbons (Fsp3) is 0.625. The van der Waals surface area contributed by atoms with Crippen molar-refractivity contribution in [3.63, 3.8) is 0 Å². The number of benzene rings is 1. The van der Waals surface area contributed by atoms with Gasteiger partial charge in [-0.2, -0.15) is 0 Å². The lowest BCUT2D eigenvalue weighted by atomic mass is 9.93. The maximum atomic E-state index is 12.8. The highest BCUT2D eigenvalue weighted by Gasteiger charge is 2.25. The highest BCUT2D eigenvalue weighted by Crippen LogP contribution is 2.40. The first-order valence-corrected chi connectivity index (χ1v) is 11.9. The Balaban J connectivity index is 1.39. The summed E-state index contributed by atoms with van der Waals surface area (Å²) in [6.07, 6.45) is 4.37. The lowest BCUT2D eigenvalue weighted by Crippen LogP contribution is -2.42. The third-order valence-electron chi connectivity index (χ3n) is 6.39. The van der Waals surface area contributed by atoms with Gasteiger partial charge in [0.25, 0.3) is 0 Å². The summed E-state index contributed by atoms with van der Waals surface area (Å²) in [6, 6.07) is 3.18. The molecule has 10 heteroatoms. The van der Waals surface area contributed by atoms with Crippen molar-refractivity contribution in [2.24, 2.45) is 5.92 Å². The highest BCUT2D eigenvalue weighted by atomic mass is 16.5. The summed E-state index contributed by atoms with van der Waals surface area (Å²) < 4.78 is 16.0. The zero-order chi connectivity index (χ0) is 24.5. The Morgan fingerprint density at radius 2 is 1.71 bits per heavy atom. The zero-order valence-electron chi connectivity index (χ0n) is 20.4. The van der Waals surface area contributed by atoms with Crippen LogP contribution >= 0.6 is 0 Å². The smallest absolute Gasteiger partial charge is 0.321 e. The van der Waals surface area contributed by atoms with Gasteiger partial charge in [0, 0.05) is 57.7 Å². The molecule has 2 N–H and O–H groups in total. The van der Waals surface area contributed by atoms with Crippen molar-refractivity contribution in [2.45, 2.75) is 38.5 Å². The molecular formula is C24H36N4O6. The first-order chi connectivity index (χ1) is 16.4. The van der Waals surface area contributed by atoms with Gasteiger partial charge in [0.2, 0.25) is 17.6 Å². The summed E-state index contributed by atoms with van der Waals surface area (Å²) in [4.78, 5) is 40.3. The summed E-state index contributed by atoms with van der Waals surface area (Å²) in [6.45, 7) is 3.30. The van der Waals surface area contributed by atoms with Gasteiger partial charge in [0.05, 0.1) is 27.0 Å². The molecule has 0 radical (unpaired) electrons. The van der Waals surface area contributed by atoms with Crippen molar-refractivity contribution in [1.29, 1.82) is 0 Å². The maximum absolute atomic E-state index is 12.8. The number of nitrogens with one attached hydrogen (secondary N) is 2. The van der Waals surface area contributed by atoms with Crippen molar-refractivity contribution in [2.75, 3.05) is 59.4 Å². The lowest BCUT2D eigenvalue weighted by Gasteiger charge is -2.32. The van der Waals surface area contributed by atoms with Gasteiger partial charge < -0.3 is 34.6 Å². The van der Waals surface area contributed by atoms with E-state index in [0.717, 1.165) is 32.2 Å². The second-order valence-electron chi connectivity index (χ2n) is 8.67. The molecule has 4 amide bonds. The number of likely N-dealkylation sites (tertiary alicyclic amines) is 2. The summed E-state index contributed by atoms with van der Waals surface area (Å²) in [5.74, 6) is 1.90. The summed E-state index contributed by atoms with van der Waals surface area (Å²) in [5.41, 5.74) is 0.552. The molecule has 1 aromatic carbocycles. The quantitative estimate of drug-likeness (QED) is 0.502. The fourth-order valence-corrected chi connectivity index (χ4v) is 4.47. The number of urea groups is 1. The van der Waals surface area contributed by atoms with Crippen LogP contribution in [0.3, 0.4) is 0 Å². The molecule has 34 heavy (non-hydrogen) atoms. The number of hydrogen-bond donors (Lipinski definition) is 2. The molecule has 0 unspecified atom stereocenters. The molecule has 188 valence electrons. The number of carbonyl (C=O) groups is 3. The normalized spacial score (nSPS) is 16.4. The van der Waals surface area contributed by atoms with Crippen LogP contribution in [0.15, 0.2) is 12.1 Å². The molecule has 0 atom stereocenters. The van der Waals surface area contributed by atoms with Gasteiger partial charge in [-0.05, 0) is 31.6 Å². The van der Waals surface area contributed by atoms with Crippen LogP contribution in [0.5, 0.6) is 17.2 Å². The average Bonchev–Trinajstić information content (AvgIpc) is 3.26. The van der Waals surface area contributed by atoms with E-state index in [1.807, 2.05) is 4.90 Å². The second kappa shape index (κ2) is 12.3. The van der Waals surface area contributed by atoms with E-state index in [9.17, 15) is 14.4 Å². The van der Waals surface area contributed by atoms with Crippen molar-refractivity contribution in [3.8, 4) is 17.2 Å². The number of amides is 4. The van der Waals surface area contributed by atoms with E-state index >= 15 is 0 Å². The van der Waals surface area contributed by atoms with Gasteiger partial charge >= 0.3 is 6.03 Å². The Bertz CT molecular complexity index is 844. The van der Waals surface area contributed by atoms with E-state index in [0.29, 0.717) is 62.0 Å². The molecule has 0 aliphatic carbocycles. The predicted molar refractivity (Wildman–Crippen MR) is 127 cm³/mol. The molecule has 2 heterocycles. The number of methoxy groups -OCH3 is 3. The summed E-state index contributed by atoms with van der Waals surface area (Å²) in [5, 5.41) is 5.86. The predicted octanol–water partition coefficient (Wildman–Crippen LogP) is 2.48. The van der Waals surface area contributed by atoms with Gasteiger partial charge in [0.15, 0.2) is 11.5 Å². The largest absolute Gasteiger partial charge is 0.493 e. The maximum Gasteiger partial charge on any atom is 0.321 e. The third-order valence-corrected chi connectivity index (χ3v) is 6.39. The molecule has 3 rings (SSSR count). The Morgan fingerprint density at radius 1 is 1.03 bits per heavy atom. The van der Waals surface area contributed by atoms with E-state index in [1.165, 1.54) is 21.3 Å². The molecule has 2 aliphatic heterocycles. The van der Waals surface area contributed by atoms with E-state index in [4.69, 9.17) is 14.2 Å². The van der Waals surface area contributed by atoms with Crippen molar-refractivity contribution < 1.29 is 28.6 Å². The number of carbonyl (C=O) groups excluding carboxylic acids is 3. The van der Waals surface area contributed by atoms with E-state index in [1.54, 1.807) is 17.0 Å². The van der Waals surface area contributed by atoms with Gasteiger partial charge in [-0.15, -0.1) is 0 Å². The van der Waals surface area contributed by atoms with Gasteiger partial charge in [-0.3, -0.25) is 9.59 Å². The first kappa shape index (κ1) is 25.5. The minimum absolute atomic E-state index is 0.0353. The molecule has 2 aliphatic rings. The van der Waals surface area contributed by atoms with Gasteiger partial charge in [0.1, 0.15) is 0 Å². The van der Waals surface area contributed by atoms with Gasteiger partial charge in [-0.1, -0.05) is 0 Å². The number of ether oxygens (including phenoxy) is 3. The molecule has 2 saturated heterocycles. The number of anilines is 1. The molecule has 10 nitrogen and oxygen atoms in total. The lowest BCUT2D eigenvalue weighted by molar-refractivity contribution is -0.127. The Kier molecular flexibility index (Phi) is 9.24. The van der Waals surface area contributed by atoms with Gasteiger partial charge in [-0.25, -0.2) is 4.79 Å². The number of piperidine rings is 1. The minimum atomic E-state index is -0.200. The van der Waals surface area contributed by atoms with Crippen LogP contribution in [0.1, 0.15) is 38.5 Å². The van der Waals surface area contributed by atoms with Crippen LogP contribution in [0.4, 0.5) is 10.5 Å². The second-order valence-corrected chi connectivity index (χ2v) is 8.67. The minimum Gasteiger partial charge on any atom is -0.493 e. The third kappa shape index (κ3) is 6.68. The summed E-state index contributed by atoms with van der Waals surface area (Å²) in [7, 11) is 4.58. The van der Waals surface area contributed by atoms with Crippen LogP contribution in [-0.4, -0.2) is 81.7 Å². The molecule has 0 spiro atoms. The molecular weight excluding hydrogens is 440 g/mol. The number of hydrogen-bond acceptors (Lipinski definition) is 6. The SMILES string of the molecule is COc1cc(NC(=O)N2CCC(CC(=O)NCCCN3CCCC3=O)CC2)cc(OC)c1OC. The molecule has 1 aromatic rings. The van der Waals surface area contributed by atoms with E-state index in [2.05, 4.69) is 10.6 Å². The van der Waals surface area contributed by atoms with Crippen LogP contribution < -0.4 is 24.8 Å². The van der Waals surface area contributed by atoms with Crippen LogP contribution in [0.2, 0.25) is 0 Å². The van der Waals surface area contributed by atoms with E-state index < -0.39 is 0 Å². The Morgan fingerprint density at radius 3 is 2.26 bits per heavy atom. The van der Waals surface area contributed by atoms with Crippen molar-refractivity contribution in [1.82, 2.24) is 15.1 Å². The monoisotopic (exact) mass is 476 g/mol. The van der Waals surface area contributed by atoms with Crippen LogP contribution in [0, 0.1) is 5.92 Å². The molecule has 2 fully saturated rings. The summed E-state index contributed by atoms with van der Waals surface area (Å²) >= 11 is 0. The number of rotatable bonds is 10. The standard InChI is InChI=1S/C24H36N4O6/c1-32-19-15-18(16-20(33-2)23(19)34-3)26-24(31)28-12-7-17(8-13-28)14-21(29)25-9-5-11-27-10-4-6-22(27)30/h15-17H,4-14H2,1-3H3,(H,25,29)(H,26,31). The van der Waals surface area contributed by atoms with Crippen molar-refractivity contribution >= 4 is 23.5 Å². The fourth-order valence-electron chi connectivity index (χ4n) is 4.47. The van der Waals surface area contributed by atoms with Crippen LogP contribution in [0.25, 0.3) is 0 Å². The molecule has 0 bridgehead atoms. The topological polar surface area (TPSA) is 109 Å². The van der Waals surface area contributed by atoms with Crippen molar-refractivity contribution in [3.05, 3.63) is 12.1 Å². The first-order valence-electron chi connectivity index (χ1n) is 11.9. The van der Waals surface area contributed by atoms with E-state index in [-0.39, 0.29) is 23.8 Å². The highest BCUT2D eigenvalue weighted by molar-refractivity contribution is 5.90. The Hall–Kier alpha value is -3.17.